The van der Waals surface area contributed by atoms with Crippen molar-refractivity contribution in [1.29, 1.82) is 0 Å². The zero-order valence-corrected chi connectivity index (χ0v) is 22.1. The Morgan fingerprint density at radius 2 is 1.28 bits per heavy atom. The molecule has 0 spiro atoms. The number of benzene rings is 2. The van der Waals surface area contributed by atoms with Crippen LogP contribution in [0.4, 0.5) is 0 Å². The molecule has 3 aromatic rings. The lowest BCUT2D eigenvalue weighted by molar-refractivity contribution is -0.277. The average Bonchev–Trinajstić information content (AvgIpc) is 2.98. The fraction of sp³-hybridized carbons (Fsp3) is 0.444. The molecule has 0 amide bonds. The van der Waals surface area contributed by atoms with Gasteiger partial charge in [-0.15, -0.1) is 0 Å². The summed E-state index contributed by atoms with van der Waals surface area (Å²) in [6, 6.07) is 5.92. The van der Waals surface area contributed by atoms with E-state index in [1.165, 1.54) is 18.2 Å². The Morgan fingerprint density at radius 1 is 0.698 bits per heavy atom. The van der Waals surface area contributed by atoms with Gasteiger partial charge in [0.2, 0.25) is 18.0 Å². The van der Waals surface area contributed by atoms with Gasteiger partial charge in [0.15, 0.2) is 11.5 Å². The van der Waals surface area contributed by atoms with Crippen molar-refractivity contribution < 1.29 is 74.4 Å². The molecule has 0 saturated carbocycles. The molecule has 2 aliphatic heterocycles. The molecule has 0 bridgehead atoms. The number of hydrogen-bond donors (Lipinski definition) is 10. The maximum Gasteiger partial charge on any atom is 0.229 e. The van der Waals surface area contributed by atoms with Crippen LogP contribution in [0.2, 0.25) is 0 Å². The number of fused-ring (bicyclic) bond motifs is 1. The quantitative estimate of drug-likeness (QED) is 0.130. The Bertz CT molecular complexity index is 1500. The van der Waals surface area contributed by atoms with E-state index in [2.05, 4.69) is 0 Å². The van der Waals surface area contributed by atoms with Gasteiger partial charge in [0, 0.05) is 12.1 Å². The summed E-state index contributed by atoms with van der Waals surface area (Å²) in [6.45, 7) is -1.38. The molecule has 2 aromatic carbocycles. The van der Waals surface area contributed by atoms with E-state index in [1.54, 1.807) is 0 Å². The van der Waals surface area contributed by atoms with Gasteiger partial charge in [0.05, 0.1) is 18.8 Å². The minimum Gasteiger partial charge on any atom is -0.507 e. The lowest BCUT2D eigenvalue weighted by atomic mass is 9.99. The molecule has 0 unspecified atom stereocenters. The van der Waals surface area contributed by atoms with Crippen LogP contribution in [0.5, 0.6) is 23.0 Å². The first kappa shape index (κ1) is 30.9. The van der Waals surface area contributed by atoms with Crippen molar-refractivity contribution in [1.82, 2.24) is 0 Å². The number of aliphatic hydroxyl groups is 8. The second kappa shape index (κ2) is 12.2. The zero-order chi connectivity index (χ0) is 31.2. The van der Waals surface area contributed by atoms with Gasteiger partial charge in [-0.1, -0.05) is 6.07 Å². The minimum atomic E-state index is -1.76. The third kappa shape index (κ3) is 5.73. The number of rotatable bonds is 7. The van der Waals surface area contributed by atoms with E-state index in [-0.39, 0.29) is 33.6 Å². The largest absolute Gasteiger partial charge is 0.507 e. The first-order valence-electron chi connectivity index (χ1n) is 13.0. The van der Waals surface area contributed by atoms with E-state index in [9.17, 15) is 55.9 Å². The average molecular weight is 611 g/mol. The molecule has 16 heteroatoms. The van der Waals surface area contributed by atoms with Gasteiger partial charge in [0.25, 0.3) is 0 Å². The monoisotopic (exact) mass is 610 g/mol. The molecule has 2 aliphatic rings. The van der Waals surface area contributed by atoms with E-state index < -0.39 is 91.6 Å². The molecule has 3 heterocycles. The Kier molecular flexibility index (Phi) is 8.77. The molecule has 10 atom stereocenters. The second-order valence-electron chi connectivity index (χ2n) is 10.1. The number of phenolic OH excluding ortho intramolecular Hbond substituents is 2. The molecule has 5 rings (SSSR count). The van der Waals surface area contributed by atoms with Crippen molar-refractivity contribution in [2.75, 3.05) is 13.2 Å². The van der Waals surface area contributed by atoms with Gasteiger partial charge in [-0.05, 0) is 17.7 Å². The summed E-state index contributed by atoms with van der Waals surface area (Å²) in [5.74, 6) is -1.48. The molecule has 1 aromatic heterocycles. The predicted molar refractivity (Wildman–Crippen MR) is 140 cm³/mol. The van der Waals surface area contributed by atoms with Crippen LogP contribution in [-0.2, 0) is 9.47 Å². The SMILES string of the molecule is O=c1c(-c2ccc(O)c(O[C@@H]3O[C@H](CO)[C@@H](O)[C@H](O)[C@H]3O)c2)coc2cc(O[C@H]3O[C@H](CO)[C@@H](O)[C@H](O)[C@H]3O)cc(O)c12. The van der Waals surface area contributed by atoms with Crippen molar-refractivity contribution in [3.05, 3.63) is 46.8 Å². The molecule has 0 radical (unpaired) electrons. The van der Waals surface area contributed by atoms with Gasteiger partial charge in [-0.25, -0.2) is 0 Å². The lowest BCUT2D eigenvalue weighted by Gasteiger charge is -2.39. The molecular weight excluding hydrogens is 580 g/mol. The van der Waals surface area contributed by atoms with Crippen molar-refractivity contribution in [3.8, 4) is 34.1 Å². The van der Waals surface area contributed by atoms with Crippen LogP contribution in [0.25, 0.3) is 22.1 Å². The summed E-state index contributed by atoms with van der Waals surface area (Å²) in [5.41, 5.74) is -0.828. The van der Waals surface area contributed by atoms with Gasteiger partial charge in [-0.2, -0.15) is 0 Å². The van der Waals surface area contributed by atoms with E-state index in [1.807, 2.05) is 0 Å². The maximum absolute atomic E-state index is 13.4. The lowest BCUT2D eigenvalue weighted by Crippen LogP contribution is -2.60. The highest BCUT2D eigenvalue weighted by Gasteiger charge is 2.46. The number of aromatic hydroxyl groups is 2. The van der Waals surface area contributed by atoms with Crippen molar-refractivity contribution in [2.45, 2.75) is 61.4 Å². The number of hydrogen-bond acceptors (Lipinski definition) is 16. The maximum atomic E-state index is 13.4. The normalized spacial score (nSPS) is 32.9. The van der Waals surface area contributed by atoms with E-state index >= 15 is 0 Å². The van der Waals surface area contributed by atoms with Crippen LogP contribution in [0.15, 0.2) is 45.8 Å². The third-order valence-corrected chi connectivity index (χ3v) is 7.29. The highest BCUT2D eigenvalue weighted by atomic mass is 16.7. The van der Waals surface area contributed by atoms with Crippen LogP contribution in [0, 0.1) is 0 Å². The summed E-state index contributed by atoms with van der Waals surface area (Å²) in [4.78, 5) is 13.4. The highest BCUT2D eigenvalue weighted by molar-refractivity contribution is 5.88. The molecule has 2 fully saturated rings. The third-order valence-electron chi connectivity index (χ3n) is 7.29. The molecular formula is C27H30O16. The van der Waals surface area contributed by atoms with Gasteiger partial charge < -0.3 is 74.4 Å². The number of phenols is 2. The van der Waals surface area contributed by atoms with Crippen molar-refractivity contribution in [3.63, 3.8) is 0 Å². The van der Waals surface area contributed by atoms with E-state index in [0.717, 1.165) is 18.4 Å². The summed E-state index contributed by atoms with van der Waals surface area (Å²) >= 11 is 0. The van der Waals surface area contributed by atoms with Crippen LogP contribution in [0.1, 0.15) is 0 Å². The Labute approximate surface area is 241 Å². The zero-order valence-electron chi connectivity index (χ0n) is 22.1. The second-order valence-corrected chi connectivity index (χ2v) is 10.1. The summed E-state index contributed by atoms with van der Waals surface area (Å²) in [6.07, 6.45) is -14.8. The number of ether oxygens (including phenoxy) is 4. The fourth-order valence-corrected chi connectivity index (χ4v) is 4.84. The minimum absolute atomic E-state index is 0.0935. The number of aliphatic hydroxyl groups excluding tert-OH is 8. The van der Waals surface area contributed by atoms with Crippen LogP contribution in [0.3, 0.4) is 0 Å². The Hall–Kier alpha value is -3.55. The smallest absolute Gasteiger partial charge is 0.229 e. The van der Waals surface area contributed by atoms with Crippen LogP contribution >= 0.6 is 0 Å². The van der Waals surface area contributed by atoms with Crippen molar-refractivity contribution >= 4 is 11.0 Å². The van der Waals surface area contributed by atoms with Crippen LogP contribution < -0.4 is 14.9 Å². The summed E-state index contributed by atoms with van der Waals surface area (Å²) in [7, 11) is 0. The molecule has 16 nitrogen and oxygen atoms in total. The molecule has 234 valence electrons. The summed E-state index contributed by atoms with van der Waals surface area (Å²) < 4.78 is 27.1. The van der Waals surface area contributed by atoms with Gasteiger partial charge in [0.1, 0.15) is 77.6 Å². The molecule has 10 N–H and O–H groups in total. The molecule has 0 aliphatic carbocycles. The standard InChI is InChI=1S/C27H30O16/c28-6-16-20(33)22(35)24(37)26(42-16)40-10-4-13(31)18-15(5-10)39-8-11(19(18)32)9-1-2-12(30)14(3-9)41-27-25(38)23(36)21(34)17(7-29)43-27/h1-5,8,16-17,20-31,33-38H,6-7H2/t16-,17-,20-,21-,22+,23+,24-,25-,26+,27-/m1/s1. The molecule has 43 heavy (non-hydrogen) atoms. The van der Waals surface area contributed by atoms with Crippen LogP contribution in [-0.4, -0.2) is 126 Å². The van der Waals surface area contributed by atoms with Gasteiger partial charge in [-0.3, -0.25) is 4.79 Å². The Balaban J connectivity index is 1.42. The first-order valence-corrected chi connectivity index (χ1v) is 13.0. The van der Waals surface area contributed by atoms with Crippen molar-refractivity contribution in [2.24, 2.45) is 0 Å². The Morgan fingerprint density at radius 3 is 1.86 bits per heavy atom. The highest BCUT2D eigenvalue weighted by Crippen LogP contribution is 2.36. The fourth-order valence-electron chi connectivity index (χ4n) is 4.84. The first-order chi connectivity index (χ1) is 20.4. The predicted octanol–water partition coefficient (Wildman–Crippen LogP) is -2.77. The van der Waals surface area contributed by atoms with E-state index in [0.29, 0.717) is 0 Å². The topological polar surface area (TPSA) is 269 Å². The molecule has 2 saturated heterocycles. The summed E-state index contributed by atoms with van der Waals surface area (Å²) in [5, 5.41) is 99.8. The van der Waals surface area contributed by atoms with E-state index in [4.69, 9.17) is 23.4 Å². The van der Waals surface area contributed by atoms with Gasteiger partial charge >= 0.3 is 0 Å².